The van der Waals surface area contributed by atoms with E-state index in [1.165, 1.54) is 6.08 Å². The van der Waals surface area contributed by atoms with Gasteiger partial charge in [-0.25, -0.2) is 9.59 Å². The molecule has 1 saturated carbocycles. The van der Waals surface area contributed by atoms with Crippen LogP contribution in [0, 0.1) is 29.6 Å². The second kappa shape index (κ2) is 13.7. The summed E-state index contributed by atoms with van der Waals surface area (Å²) in [5.74, 6) is -12.8. The van der Waals surface area contributed by atoms with Crippen LogP contribution in [0.5, 0.6) is 0 Å². The molecule has 238 valence electrons. The van der Waals surface area contributed by atoms with Crippen LogP contribution in [-0.4, -0.2) is 69.0 Å². The molecule has 45 heavy (non-hydrogen) atoms. The first-order chi connectivity index (χ1) is 21.4. The van der Waals surface area contributed by atoms with Crippen molar-refractivity contribution in [2.24, 2.45) is 29.6 Å². The summed E-state index contributed by atoms with van der Waals surface area (Å²) in [7, 11) is 4.25. The largest absolute Gasteiger partial charge is 0.469 e. The minimum Gasteiger partial charge on any atom is -0.469 e. The Morgan fingerprint density at radius 1 is 0.822 bits per heavy atom. The van der Waals surface area contributed by atoms with E-state index in [1.807, 2.05) is 0 Å². The molecule has 0 aromatic heterocycles. The Bertz CT molecular complexity index is 1550. The van der Waals surface area contributed by atoms with Gasteiger partial charge in [-0.05, 0) is 41.7 Å². The number of carbonyl (C=O) groups is 5. The molecule has 4 rings (SSSR count). The van der Waals surface area contributed by atoms with Crippen molar-refractivity contribution in [3.05, 3.63) is 82.1 Å². The topological polar surface area (TPSA) is 152 Å². The van der Waals surface area contributed by atoms with Gasteiger partial charge in [0.2, 0.25) is 0 Å². The monoisotopic (exact) mass is 640 g/mol. The molecule has 1 fully saturated rings. The Morgan fingerprint density at radius 2 is 1.40 bits per heavy atom. The van der Waals surface area contributed by atoms with E-state index in [-0.39, 0.29) is 17.6 Å². The number of ether oxygens (including phenoxy) is 5. The number of rotatable bonds is 8. The van der Waals surface area contributed by atoms with Gasteiger partial charge in [-0.3, -0.25) is 14.4 Å². The highest BCUT2D eigenvalue weighted by atomic mass is 35.5. The summed E-state index contributed by atoms with van der Waals surface area (Å²) in [6.07, 6.45) is 1.50. The third-order valence-electron chi connectivity index (χ3n) is 8.40. The lowest BCUT2D eigenvalue weighted by Gasteiger charge is -2.55. The van der Waals surface area contributed by atoms with Gasteiger partial charge in [0.15, 0.2) is 0 Å². The highest BCUT2D eigenvalue weighted by Gasteiger charge is 2.71. The van der Waals surface area contributed by atoms with Crippen LogP contribution in [0.15, 0.2) is 65.9 Å². The molecule has 2 aliphatic rings. The Labute approximate surface area is 264 Å². The second-order valence-electron chi connectivity index (χ2n) is 10.8. The molecule has 0 radical (unpaired) electrons. The zero-order valence-electron chi connectivity index (χ0n) is 25.3. The predicted octanol–water partition coefficient (Wildman–Crippen LogP) is 3.62. The number of carbonyl (C=O) groups excluding carboxylic acids is 5. The Kier molecular flexibility index (Phi) is 10.1. The van der Waals surface area contributed by atoms with Gasteiger partial charge in [0.05, 0.1) is 51.4 Å². The van der Waals surface area contributed by atoms with Crippen LogP contribution in [0.25, 0.3) is 11.6 Å². The normalized spacial score (nSPS) is 25.9. The van der Waals surface area contributed by atoms with E-state index in [9.17, 15) is 29.1 Å². The SMILES string of the molecule is COC(=O)C1=C(OC(=O)/C(=C/c2ccccc2)c2ccc(Cl)cc2)C(C(=O)OC)[C@@]2(O)[C@@H](C(=O)OC)[C@H](C)C[C@@H]1[C@@H]2C(=O)OC. The lowest BCUT2D eigenvalue weighted by atomic mass is 9.50. The van der Waals surface area contributed by atoms with Crippen LogP contribution in [0.4, 0.5) is 0 Å². The molecule has 12 heteroatoms. The zero-order valence-corrected chi connectivity index (χ0v) is 26.0. The molecule has 0 amide bonds. The summed E-state index contributed by atoms with van der Waals surface area (Å²) in [4.78, 5) is 67.7. The number of fused-ring (bicyclic) bond motifs is 2. The zero-order chi connectivity index (χ0) is 33.1. The number of aliphatic hydroxyl groups is 1. The van der Waals surface area contributed by atoms with Gasteiger partial charge in [0, 0.05) is 10.9 Å². The van der Waals surface area contributed by atoms with Gasteiger partial charge in [-0.15, -0.1) is 0 Å². The van der Waals surface area contributed by atoms with E-state index < -0.39 is 70.8 Å². The summed E-state index contributed by atoms with van der Waals surface area (Å²) >= 11 is 6.09. The van der Waals surface area contributed by atoms with Gasteiger partial charge in [-0.2, -0.15) is 0 Å². The molecule has 2 aromatic rings. The second-order valence-corrected chi connectivity index (χ2v) is 11.2. The summed E-state index contributed by atoms with van der Waals surface area (Å²) in [5.41, 5.74) is -1.94. The van der Waals surface area contributed by atoms with Crippen LogP contribution in [0.2, 0.25) is 5.02 Å². The van der Waals surface area contributed by atoms with Crippen molar-refractivity contribution in [2.75, 3.05) is 28.4 Å². The number of esters is 5. The van der Waals surface area contributed by atoms with Gasteiger partial charge >= 0.3 is 29.8 Å². The smallest absolute Gasteiger partial charge is 0.343 e. The maximum atomic E-state index is 14.1. The molecule has 0 aliphatic heterocycles. The molecule has 0 spiro atoms. The molecule has 2 bridgehead atoms. The average molecular weight is 641 g/mol. The van der Waals surface area contributed by atoms with Gasteiger partial charge in [0.25, 0.3) is 0 Å². The van der Waals surface area contributed by atoms with Crippen LogP contribution in [0.3, 0.4) is 0 Å². The quantitative estimate of drug-likeness (QED) is 0.195. The fourth-order valence-corrected chi connectivity index (χ4v) is 6.64. The van der Waals surface area contributed by atoms with Gasteiger partial charge in [-0.1, -0.05) is 61.0 Å². The first kappa shape index (κ1) is 33.4. The fourth-order valence-electron chi connectivity index (χ4n) is 6.51. The highest BCUT2D eigenvalue weighted by molar-refractivity contribution is 6.30. The molecule has 6 atom stereocenters. The maximum Gasteiger partial charge on any atom is 0.343 e. The van der Waals surface area contributed by atoms with Crippen molar-refractivity contribution in [1.82, 2.24) is 0 Å². The van der Waals surface area contributed by atoms with Crippen molar-refractivity contribution in [2.45, 2.75) is 18.9 Å². The van der Waals surface area contributed by atoms with Gasteiger partial charge in [0.1, 0.15) is 17.3 Å². The lowest BCUT2D eigenvalue weighted by Crippen LogP contribution is -2.68. The minimum atomic E-state index is -2.60. The maximum absolute atomic E-state index is 14.1. The molecule has 0 saturated heterocycles. The van der Waals surface area contributed by atoms with Crippen molar-refractivity contribution >= 4 is 53.1 Å². The van der Waals surface area contributed by atoms with Crippen LogP contribution in [-0.2, 0) is 47.7 Å². The van der Waals surface area contributed by atoms with E-state index in [4.69, 9.17) is 35.3 Å². The van der Waals surface area contributed by atoms with E-state index in [0.717, 1.165) is 28.4 Å². The molecular weight excluding hydrogens is 608 g/mol. The third kappa shape index (κ3) is 6.10. The van der Waals surface area contributed by atoms with E-state index in [2.05, 4.69) is 0 Å². The molecular formula is C33H33ClO11. The standard InChI is InChI=1S/C33H33ClO11/c1-17-15-22-23(29(36)41-2)27(26(32(39)44-5)33(40,24(17)30(37)42-3)25(22)31(38)43-4)45-28(35)21(16-18-9-7-6-8-10-18)19-11-13-20(34)14-12-19/h6-14,16-17,22,24-26,40H,15H2,1-5H3/b21-16+/t17-,22+,24-,25-,26?,33-/m1/s1. The fraction of sp³-hybridized carbons (Fsp3) is 0.364. The average Bonchev–Trinajstić information content (AvgIpc) is 3.03. The van der Waals surface area contributed by atoms with Crippen LogP contribution in [0.1, 0.15) is 24.5 Å². The molecule has 2 aliphatic carbocycles. The van der Waals surface area contributed by atoms with Crippen molar-refractivity contribution in [3.8, 4) is 0 Å². The number of benzene rings is 2. The highest BCUT2D eigenvalue weighted by Crippen LogP contribution is 2.58. The predicted molar refractivity (Wildman–Crippen MR) is 160 cm³/mol. The first-order valence-corrected chi connectivity index (χ1v) is 14.3. The molecule has 1 N–H and O–H groups in total. The number of halogens is 1. The Balaban J connectivity index is 2.01. The van der Waals surface area contributed by atoms with Crippen LogP contribution < -0.4 is 0 Å². The summed E-state index contributed by atoms with van der Waals surface area (Å²) < 4.78 is 26.0. The summed E-state index contributed by atoms with van der Waals surface area (Å²) in [5, 5.41) is 12.9. The first-order valence-electron chi connectivity index (χ1n) is 14.0. The van der Waals surface area contributed by atoms with Gasteiger partial charge < -0.3 is 28.8 Å². The molecule has 0 heterocycles. The molecule has 1 unspecified atom stereocenters. The summed E-state index contributed by atoms with van der Waals surface area (Å²) in [6, 6.07) is 15.1. The van der Waals surface area contributed by atoms with Crippen LogP contribution >= 0.6 is 11.6 Å². The number of hydrogen-bond acceptors (Lipinski definition) is 11. The Morgan fingerprint density at radius 3 is 1.96 bits per heavy atom. The summed E-state index contributed by atoms with van der Waals surface area (Å²) in [6.45, 7) is 1.61. The number of hydrogen-bond donors (Lipinski definition) is 1. The third-order valence-corrected chi connectivity index (χ3v) is 8.65. The molecule has 11 nitrogen and oxygen atoms in total. The van der Waals surface area contributed by atoms with E-state index >= 15 is 0 Å². The van der Waals surface area contributed by atoms with Crippen molar-refractivity contribution in [3.63, 3.8) is 0 Å². The van der Waals surface area contributed by atoms with E-state index in [1.54, 1.807) is 61.5 Å². The van der Waals surface area contributed by atoms with Crippen molar-refractivity contribution < 1.29 is 52.8 Å². The minimum absolute atomic E-state index is 0.00308. The number of methoxy groups -OCH3 is 4. The van der Waals surface area contributed by atoms with E-state index in [0.29, 0.717) is 16.1 Å². The lowest BCUT2D eigenvalue weighted by molar-refractivity contribution is -0.212. The molecule has 2 aromatic carbocycles. The Hall–Kier alpha value is -4.48. The van der Waals surface area contributed by atoms with Crippen molar-refractivity contribution in [1.29, 1.82) is 0 Å².